The van der Waals surface area contributed by atoms with Crippen molar-refractivity contribution in [2.24, 2.45) is 5.92 Å². The number of rotatable bonds is 1. The van der Waals surface area contributed by atoms with E-state index in [4.69, 9.17) is 5.11 Å². The Labute approximate surface area is 64.0 Å². The van der Waals surface area contributed by atoms with E-state index < -0.39 is 0 Å². The first-order valence-corrected chi connectivity index (χ1v) is 1.71. The maximum absolute atomic E-state index is 8.08. The Morgan fingerprint density at radius 3 is 2.00 bits per heavy atom. The molecule has 0 rings (SSSR count). The summed E-state index contributed by atoms with van der Waals surface area (Å²) in [6, 6.07) is 0. The summed E-state index contributed by atoms with van der Waals surface area (Å²) in [6.07, 6.45) is 0. The van der Waals surface area contributed by atoms with Crippen LogP contribution in [-0.2, 0) is 32.7 Å². The first kappa shape index (κ1) is 10.1. The number of hydrogen-bond donors (Lipinski definition) is 1. The van der Waals surface area contributed by atoms with Gasteiger partial charge in [-0.25, -0.2) is 0 Å². The molecule has 1 N–H and O–H groups in total. The average Bonchev–Trinajstić information content (AvgIpc) is 1.38. The summed E-state index contributed by atoms with van der Waals surface area (Å²) in [6.45, 7) is 5.56. The SMILES string of the molecule is [CH2-]C(C)CO.[Y]. The van der Waals surface area contributed by atoms with E-state index in [9.17, 15) is 0 Å². The van der Waals surface area contributed by atoms with Gasteiger partial charge in [-0.05, 0) is 0 Å². The van der Waals surface area contributed by atoms with Crippen LogP contribution in [0.2, 0.25) is 0 Å². The molecule has 0 aromatic heterocycles. The standard InChI is InChI=1S/C4H9O.Y/c1-4(2)3-5;/h4-5H,1,3H2,2H3;/q-1;. The monoisotopic (exact) mass is 162 g/mol. The second-order valence-corrected chi connectivity index (χ2v) is 1.29. The van der Waals surface area contributed by atoms with E-state index >= 15 is 0 Å². The third-order valence-electron chi connectivity index (χ3n) is 0.312. The Hall–Kier alpha value is 1.06. The van der Waals surface area contributed by atoms with Crippen molar-refractivity contribution in [1.29, 1.82) is 0 Å². The quantitative estimate of drug-likeness (QED) is 0.555. The molecule has 0 saturated heterocycles. The smallest absolute Gasteiger partial charge is 0.0183 e. The molecule has 0 fully saturated rings. The summed E-state index contributed by atoms with van der Waals surface area (Å²) in [5, 5.41) is 8.08. The van der Waals surface area contributed by atoms with Crippen LogP contribution in [0.1, 0.15) is 6.92 Å². The Morgan fingerprint density at radius 1 is 1.83 bits per heavy atom. The normalized spacial score (nSPS) is 12.5. The molecular weight excluding hydrogens is 153 g/mol. The molecule has 1 nitrogen and oxygen atoms in total. The second-order valence-electron chi connectivity index (χ2n) is 1.29. The van der Waals surface area contributed by atoms with Crippen LogP contribution in [-0.4, -0.2) is 11.7 Å². The molecule has 0 aliphatic carbocycles. The fraction of sp³-hybridized carbons (Fsp3) is 0.750. The van der Waals surface area contributed by atoms with Gasteiger partial charge in [-0.3, -0.25) is 0 Å². The molecule has 35 valence electrons. The summed E-state index contributed by atoms with van der Waals surface area (Å²) < 4.78 is 0. The van der Waals surface area contributed by atoms with Gasteiger partial charge in [-0.1, -0.05) is 6.92 Å². The van der Waals surface area contributed by atoms with Gasteiger partial charge in [0.15, 0.2) is 0 Å². The van der Waals surface area contributed by atoms with E-state index in [1.54, 1.807) is 0 Å². The third kappa shape index (κ3) is 8.91. The molecule has 0 bridgehead atoms. The van der Waals surface area contributed by atoms with Gasteiger partial charge in [0.2, 0.25) is 0 Å². The Kier molecular flexibility index (Phi) is 10.2. The van der Waals surface area contributed by atoms with Gasteiger partial charge in [-0.2, -0.15) is 0 Å². The van der Waals surface area contributed by atoms with Crippen LogP contribution in [0, 0.1) is 12.8 Å². The minimum atomic E-state index is 0. The number of hydrogen-bond acceptors (Lipinski definition) is 1. The van der Waals surface area contributed by atoms with Crippen molar-refractivity contribution in [2.45, 2.75) is 6.92 Å². The van der Waals surface area contributed by atoms with Crippen molar-refractivity contribution < 1.29 is 37.8 Å². The van der Waals surface area contributed by atoms with Crippen molar-refractivity contribution in [3.63, 3.8) is 0 Å². The molecule has 0 heterocycles. The summed E-state index contributed by atoms with van der Waals surface area (Å²) in [5.74, 6) is 0.190. The van der Waals surface area contributed by atoms with E-state index in [1.807, 2.05) is 6.92 Å². The van der Waals surface area contributed by atoms with Gasteiger partial charge in [0.05, 0.1) is 0 Å². The minimum absolute atomic E-state index is 0. The maximum Gasteiger partial charge on any atom is 0.0183 e. The van der Waals surface area contributed by atoms with Crippen LogP contribution in [0.25, 0.3) is 0 Å². The van der Waals surface area contributed by atoms with Gasteiger partial charge in [0.1, 0.15) is 0 Å². The van der Waals surface area contributed by atoms with E-state index in [1.165, 1.54) is 0 Å². The molecule has 0 aliphatic rings. The van der Waals surface area contributed by atoms with Crippen LogP contribution in [0.5, 0.6) is 0 Å². The first-order valence-electron chi connectivity index (χ1n) is 1.71. The van der Waals surface area contributed by atoms with Crippen LogP contribution >= 0.6 is 0 Å². The first-order chi connectivity index (χ1) is 2.27. The number of aliphatic hydroxyl groups is 1. The van der Waals surface area contributed by atoms with Crippen LogP contribution in [0.15, 0.2) is 0 Å². The van der Waals surface area contributed by atoms with Gasteiger partial charge in [0, 0.05) is 39.3 Å². The molecule has 0 spiro atoms. The summed E-state index contributed by atoms with van der Waals surface area (Å²) in [4.78, 5) is 0. The van der Waals surface area contributed by atoms with E-state index in [-0.39, 0.29) is 45.2 Å². The zero-order valence-corrected chi connectivity index (χ0v) is 6.85. The zero-order valence-electron chi connectivity index (χ0n) is 4.02. The minimum Gasteiger partial charge on any atom is -0.399 e. The molecule has 0 aliphatic heterocycles. The molecule has 1 radical (unpaired) electrons. The van der Waals surface area contributed by atoms with Gasteiger partial charge in [-0.15, -0.1) is 5.92 Å². The zero-order chi connectivity index (χ0) is 4.28. The van der Waals surface area contributed by atoms with Gasteiger partial charge >= 0.3 is 0 Å². The average molecular weight is 162 g/mol. The molecular formula is C4H9OY-. The Morgan fingerprint density at radius 2 is 2.00 bits per heavy atom. The van der Waals surface area contributed by atoms with Crippen molar-refractivity contribution in [3.05, 3.63) is 6.92 Å². The molecule has 2 heteroatoms. The van der Waals surface area contributed by atoms with Crippen molar-refractivity contribution in [1.82, 2.24) is 0 Å². The molecule has 0 amide bonds. The molecule has 6 heavy (non-hydrogen) atoms. The van der Waals surface area contributed by atoms with E-state index in [0.717, 1.165) is 0 Å². The fourth-order valence-corrected chi connectivity index (χ4v) is 0. The summed E-state index contributed by atoms with van der Waals surface area (Å²) in [7, 11) is 0. The predicted octanol–water partition coefficient (Wildman–Crippen LogP) is 0.446. The van der Waals surface area contributed by atoms with Gasteiger partial charge < -0.3 is 12.0 Å². The largest absolute Gasteiger partial charge is 0.399 e. The third-order valence-corrected chi connectivity index (χ3v) is 0.312. The Bertz CT molecular complexity index is 21.5. The molecule has 0 saturated carbocycles. The molecule has 0 aromatic rings. The molecule has 1 atom stereocenters. The van der Waals surface area contributed by atoms with Crippen molar-refractivity contribution in [2.75, 3.05) is 6.61 Å². The molecule has 0 aromatic carbocycles. The van der Waals surface area contributed by atoms with Crippen LogP contribution < -0.4 is 0 Å². The maximum atomic E-state index is 8.08. The molecule has 1 unspecified atom stereocenters. The van der Waals surface area contributed by atoms with Crippen molar-refractivity contribution >= 4 is 0 Å². The van der Waals surface area contributed by atoms with Crippen molar-refractivity contribution in [3.8, 4) is 0 Å². The van der Waals surface area contributed by atoms with E-state index in [2.05, 4.69) is 6.92 Å². The summed E-state index contributed by atoms with van der Waals surface area (Å²) >= 11 is 0. The fourth-order valence-electron chi connectivity index (χ4n) is 0. The predicted molar refractivity (Wildman–Crippen MR) is 21.6 cm³/mol. The topological polar surface area (TPSA) is 20.2 Å². The second kappa shape index (κ2) is 6.06. The van der Waals surface area contributed by atoms with E-state index in [0.29, 0.717) is 0 Å². The van der Waals surface area contributed by atoms with Crippen LogP contribution in [0.4, 0.5) is 0 Å². The van der Waals surface area contributed by atoms with Gasteiger partial charge in [0.25, 0.3) is 0 Å². The number of aliphatic hydroxyl groups excluding tert-OH is 1. The van der Waals surface area contributed by atoms with Crippen LogP contribution in [0.3, 0.4) is 0 Å². The summed E-state index contributed by atoms with van der Waals surface area (Å²) in [5.41, 5.74) is 0. The Balaban J connectivity index is 0.